The molecular weight excluding hydrogens is 824 g/mol. The number of carboxylic acid groups (broad SMARTS) is 2. The van der Waals surface area contributed by atoms with Gasteiger partial charge in [0, 0.05) is 69.5 Å². The molecule has 4 aromatic carbocycles. The number of hydrogen-bond acceptors (Lipinski definition) is 7. The van der Waals surface area contributed by atoms with E-state index in [1.165, 1.54) is 17.2 Å². The van der Waals surface area contributed by atoms with Crippen molar-refractivity contribution in [2.45, 2.75) is 45.0 Å². The van der Waals surface area contributed by atoms with E-state index in [0.29, 0.717) is 23.7 Å². The van der Waals surface area contributed by atoms with Crippen molar-refractivity contribution in [1.29, 1.82) is 0 Å². The third kappa shape index (κ3) is 16.3. The molecule has 1 atom stereocenters. The van der Waals surface area contributed by atoms with Crippen molar-refractivity contribution in [2.75, 3.05) is 59.4 Å². The molecule has 62 heavy (non-hydrogen) atoms. The van der Waals surface area contributed by atoms with Crippen molar-refractivity contribution in [3.63, 3.8) is 0 Å². The molecule has 0 bridgehead atoms. The topological polar surface area (TPSA) is 125 Å². The number of nitrogens with zero attached hydrogens (tertiary/aromatic N) is 3. The Morgan fingerprint density at radius 2 is 1.44 bits per heavy atom. The van der Waals surface area contributed by atoms with E-state index in [4.69, 9.17) is 19.8 Å². The lowest BCUT2D eigenvalue weighted by Gasteiger charge is -2.41. The zero-order chi connectivity index (χ0) is 45.5. The Bertz CT molecular complexity index is 2100. The largest absolute Gasteiger partial charge is 0.542 e. The summed E-state index contributed by atoms with van der Waals surface area (Å²) in [6, 6.07) is 32.1. The third-order valence-electron chi connectivity index (χ3n) is 10.2. The normalized spacial score (nSPS) is 17.0. The van der Waals surface area contributed by atoms with Gasteiger partial charge in [-0.1, -0.05) is 72.8 Å². The Hall–Kier alpha value is -5.62. The Morgan fingerprint density at radius 1 is 0.823 bits per heavy atom. The summed E-state index contributed by atoms with van der Waals surface area (Å²) in [6.45, 7) is 12.5. The van der Waals surface area contributed by atoms with E-state index in [9.17, 15) is 31.1 Å². The maximum absolute atomic E-state index is 15.0. The lowest BCUT2D eigenvalue weighted by Crippen LogP contribution is -2.56. The van der Waals surface area contributed by atoms with Gasteiger partial charge >= 0.3 is 18.3 Å². The monoisotopic (exact) mass is 873 g/mol. The van der Waals surface area contributed by atoms with Crippen molar-refractivity contribution >= 4 is 23.9 Å². The van der Waals surface area contributed by atoms with Crippen molar-refractivity contribution < 1.29 is 59.8 Å². The van der Waals surface area contributed by atoms with Crippen LogP contribution in [0.25, 0.3) is 17.2 Å². The number of quaternary nitrogens is 1. The van der Waals surface area contributed by atoms with Crippen LogP contribution in [0.1, 0.15) is 39.5 Å². The Kier molecular flexibility index (Phi) is 17.8. The smallest absolute Gasteiger partial charge is 0.490 e. The number of carboxylic acids is 2. The predicted octanol–water partition coefficient (Wildman–Crippen LogP) is 6.12. The van der Waals surface area contributed by atoms with Crippen LogP contribution in [0, 0.1) is 5.82 Å². The van der Waals surface area contributed by atoms with Gasteiger partial charge in [0.2, 0.25) is 0 Å². The minimum absolute atomic E-state index is 0.122. The zero-order valence-electron chi connectivity index (χ0n) is 34.3. The first-order valence-corrected chi connectivity index (χ1v) is 19.8. The third-order valence-corrected chi connectivity index (χ3v) is 10.2. The van der Waals surface area contributed by atoms with Crippen LogP contribution in [-0.4, -0.2) is 115 Å². The summed E-state index contributed by atoms with van der Waals surface area (Å²) in [7, 11) is 2.34. The summed E-state index contributed by atoms with van der Waals surface area (Å²) in [5, 5.41) is 22.5. The van der Waals surface area contributed by atoms with Crippen LogP contribution in [0.15, 0.2) is 103 Å². The molecule has 334 valence electrons. The van der Waals surface area contributed by atoms with Crippen molar-refractivity contribution in [2.24, 2.45) is 0 Å². The molecular formula is C45H50F7N5O5. The van der Waals surface area contributed by atoms with E-state index >= 15 is 4.39 Å². The number of carbonyl (C=O) groups excluding carboxylic acids is 2. The first-order chi connectivity index (χ1) is 29.2. The van der Waals surface area contributed by atoms with Crippen LogP contribution >= 0.6 is 0 Å². The van der Waals surface area contributed by atoms with Gasteiger partial charge in [-0.05, 0) is 71.1 Å². The SMILES string of the molecule is C[C@H]1CN(Cc2cccc(-c3cc(CNC(=O)c4cccc(CN5CC[N+](C)(CC=Cc6ccccc6)CC5)c4)ccc3F)c2)CCN1.O=C(O)C(F)(F)F.O=C([O-])C(F)(F)F. The molecule has 0 aliphatic carbocycles. The second-order valence-electron chi connectivity index (χ2n) is 15.4. The van der Waals surface area contributed by atoms with E-state index in [0.717, 1.165) is 86.6 Å². The number of alkyl halides is 6. The van der Waals surface area contributed by atoms with Gasteiger partial charge in [0.25, 0.3) is 5.91 Å². The van der Waals surface area contributed by atoms with Gasteiger partial charge in [0.15, 0.2) is 0 Å². The molecule has 10 nitrogen and oxygen atoms in total. The summed E-state index contributed by atoms with van der Waals surface area (Å²) in [5.41, 5.74) is 6.48. The lowest BCUT2D eigenvalue weighted by molar-refractivity contribution is -0.908. The fraction of sp³-hybridized carbons (Fsp3) is 0.356. The summed E-state index contributed by atoms with van der Waals surface area (Å²) in [6.07, 6.45) is -5.76. The molecule has 2 aliphatic heterocycles. The number of piperazine rings is 2. The Morgan fingerprint density at radius 3 is 2.05 bits per heavy atom. The minimum atomic E-state index is -5.19. The molecule has 1 amide bonds. The van der Waals surface area contributed by atoms with Crippen LogP contribution < -0.4 is 15.7 Å². The molecule has 6 rings (SSSR count). The van der Waals surface area contributed by atoms with Crippen LogP contribution in [-0.2, 0) is 29.2 Å². The lowest BCUT2D eigenvalue weighted by atomic mass is 10.00. The molecule has 0 unspecified atom stereocenters. The molecule has 2 saturated heterocycles. The standard InChI is InChI=1S/C41H48FN5O.2C2HF3O2/c1-32-29-46(19-18-43-32)31-35-11-6-14-37(25-35)39-27-34(16-17-40(39)42)28-44-41(48)38-15-7-12-36(26-38)30-45-20-23-47(2,24-21-45)22-8-13-33-9-4-3-5-10-33;2*3-2(4,5)1(6)7/h3-17,25-27,32,43H,18-24,28-31H2,1-2H3;2*(H,6,7)/t32-;;/m0../s1. The summed E-state index contributed by atoms with van der Waals surface area (Å²) < 4.78 is 79.4. The number of likely N-dealkylation sites (N-methyl/N-ethyl adjacent to an activating group) is 1. The van der Waals surface area contributed by atoms with Gasteiger partial charge in [0.05, 0.1) is 26.7 Å². The van der Waals surface area contributed by atoms with Gasteiger partial charge in [-0.25, -0.2) is 9.18 Å². The molecule has 17 heteroatoms. The Labute approximate surface area is 355 Å². The molecule has 0 saturated carbocycles. The highest BCUT2D eigenvalue weighted by molar-refractivity contribution is 5.94. The predicted molar refractivity (Wildman–Crippen MR) is 218 cm³/mol. The molecule has 2 aliphatic rings. The van der Waals surface area contributed by atoms with Crippen molar-refractivity contribution in [1.82, 2.24) is 20.4 Å². The van der Waals surface area contributed by atoms with Gasteiger partial charge in [-0.2, -0.15) is 26.3 Å². The second kappa shape index (κ2) is 22.5. The molecule has 0 aromatic heterocycles. The fourth-order valence-electron chi connectivity index (χ4n) is 6.85. The minimum Gasteiger partial charge on any atom is -0.542 e. The zero-order valence-corrected chi connectivity index (χ0v) is 34.3. The number of aliphatic carboxylic acids is 2. The highest BCUT2D eigenvalue weighted by atomic mass is 19.4. The first-order valence-electron chi connectivity index (χ1n) is 19.8. The van der Waals surface area contributed by atoms with Gasteiger partial charge in [0.1, 0.15) is 11.8 Å². The number of benzene rings is 4. The molecule has 2 heterocycles. The van der Waals surface area contributed by atoms with E-state index in [1.807, 2.05) is 42.5 Å². The maximum atomic E-state index is 15.0. The van der Waals surface area contributed by atoms with E-state index < -0.39 is 24.3 Å². The molecule has 0 spiro atoms. The maximum Gasteiger partial charge on any atom is 0.490 e. The van der Waals surface area contributed by atoms with Crippen molar-refractivity contribution in [3.05, 3.63) is 137 Å². The van der Waals surface area contributed by atoms with Gasteiger partial charge in [-0.3, -0.25) is 14.6 Å². The molecule has 4 aromatic rings. The summed E-state index contributed by atoms with van der Waals surface area (Å²) >= 11 is 0. The highest BCUT2D eigenvalue weighted by Crippen LogP contribution is 2.26. The first kappa shape index (κ1) is 49.0. The molecule has 0 radical (unpaired) electrons. The van der Waals surface area contributed by atoms with E-state index in [2.05, 4.69) is 89.0 Å². The fourth-order valence-corrected chi connectivity index (χ4v) is 6.85. The summed E-state index contributed by atoms with van der Waals surface area (Å²) in [4.78, 5) is 35.8. The average molecular weight is 874 g/mol. The van der Waals surface area contributed by atoms with E-state index in [1.54, 1.807) is 6.07 Å². The Balaban J connectivity index is 0.000000521. The number of nitrogens with one attached hydrogen (secondary N) is 2. The number of halogens is 7. The number of rotatable bonds is 11. The number of carbonyl (C=O) groups is 3. The number of hydrogen-bond donors (Lipinski definition) is 3. The van der Waals surface area contributed by atoms with Crippen molar-refractivity contribution in [3.8, 4) is 11.1 Å². The van der Waals surface area contributed by atoms with Crippen LogP contribution in [0.3, 0.4) is 0 Å². The molecule has 2 fully saturated rings. The number of amides is 1. The van der Waals surface area contributed by atoms with Crippen LogP contribution in [0.5, 0.6) is 0 Å². The van der Waals surface area contributed by atoms with Crippen LogP contribution in [0.4, 0.5) is 30.7 Å². The quantitative estimate of drug-likeness (QED) is 0.122. The van der Waals surface area contributed by atoms with Gasteiger partial charge < -0.3 is 30.1 Å². The van der Waals surface area contributed by atoms with Gasteiger partial charge in [-0.15, -0.1) is 0 Å². The van der Waals surface area contributed by atoms with Crippen LogP contribution in [0.2, 0.25) is 0 Å². The highest BCUT2D eigenvalue weighted by Gasteiger charge is 2.38. The second-order valence-corrected chi connectivity index (χ2v) is 15.4. The van der Waals surface area contributed by atoms with E-state index in [-0.39, 0.29) is 11.7 Å². The summed E-state index contributed by atoms with van der Waals surface area (Å²) in [5.74, 6) is -6.14. The average Bonchev–Trinajstić information content (AvgIpc) is 3.22. The molecule has 3 N–H and O–H groups in total.